The van der Waals surface area contributed by atoms with Gasteiger partial charge in [-0.1, -0.05) is 20.8 Å². The fourth-order valence-corrected chi connectivity index (χ4v) is 3.09. The van der Waals surface area contributed by atoms with Gasteiger partial charge in [-0.05, 0) is 24.6 Å². The predicted molar refractivity (Wildman–Crippen MR) is 92.8 cm³/mol. The Hall–Kier alpha value is -0.390. The largest absolute Gasteiger partial charge is 0.396 e. The van der Waals surface area contributed by atoms with Crippen LogP contribution in [0.15, 0.2) is 18.3 Å². The first kappa shape index (κ1) is 17.7. The minimum atomic E-state index is 0.238. The van der Waals surface area contributed by atoms with Crippen molar-refractivity contribution in [2.75, 3.05) is 23.4 Å². The third kappa shape index (κ3) is 8.02. The van der Waals surface area contributed by atoms with Crippen LogP contribution in [0.4, 0.5) is 5.82 Å². The van der Waals surface area contributed by atoms with Crippen LogP contribution in [0.3, 0.4) is 0 Å². The van der Waals surface area contributed by atoms with Gasteiger partial charge in [0.2, 0.25) is 0 Å². The minimum absolute atomic E-state index is 0.238. The second kappa shape index (κ2) is 8.80. The topological polar surface area (TPSA) is 45.1 Å². The maximum atomic E-state index is 8.79. The van der Waals surface area contributed by atoms with E-state index in [0.29, 0.717) is 10.8 Å². The van der Waals surface area contributed by atoms with Crippen LogP contribution in [0.25, 0.3) is 0 Å². The molecule has 114 valence electrons. The average molecular weight is 315 g/mol. The second-order valence-electron chi connectivity index (χ2n) is 5.79. The molecule has 1 aromatic heterocycles. The summed E-state index contributed by atoms with van der Waals surface area (Å²) >= 11 is 3.70. The zero-order chi connectivity index (χ0) is 15.0. The number of aliphatic hydroxyl groups excluding tert-OH is 1. The minimum Gasteiger partial charge on any atom is -0.396 e. The molecule has 0 aromatic carbocycles. The zero-order valence-corrected chi connectivity index (χ0v) is 14.5. The van der Waals surface area contributed by atoms with Crippen LogP contribution in [-0.2, 0) is 5.75 Å². The summed E-state index contributed by atoms with van der Waals surface area (Å²) in [6.45, 7) is 9.14. The number of nitrogens with zero attached hydrogens (tertiary/aromatic N) is 1. The van der Waals surface area contributed by atoms with E-state index in [1.807, 2.05) is 24.0 Å². The first-order chi connectivity index (χ1) is 9.40. The van der Waals surface area contributed by atoms with Gasteiger partial charge in [0.05, 0.1) is 6.61 Å². The number of hydrogen-bond donors (Lipinski definition) is 2. The van der Waals surface area contributed by atoms with Gasteiger partial charge in [-0.15, -0.1) is 0 Å². The molecular weight excluding hydrogens is 288 g/mol. The van der Waals surface area contributed by atoms with Crippen LogP contribution in [0.1, 0.15) is 33.3 Å². The Kier molecular flexibility index (Phi) is 7.77. The standard InChI is InChI=1S/C15H26N2OS2/c1-12(10-20-15(2,3)4)17-14-9-13(5-6-16-14)11-19-8-7-18/h5-6,9,12,18H,7-8,10-11H2,1-4H3,(H,16,17). The monoisotopic (exact) mass is 314 g/mol. The van der Waals surface area contributed by atoms with E-state index in [9.17, 15) is 0 Å². The Bertz CT molecular complexity index is 394. The van der Waals surface area contributed by atoms with Gasteiger partial charge in [-0.2, -0.15) is 23.5 Å². The fourth-order valence-electron chi connectivity index (χ4n) is 1.57. The quantitative estimate of drug-likeness (QED) is 0.717. The van der Waals surface area contributed by atoms with Crippen molar-refractivity contribution in [3.05, 3.63) is 23.9 Å². The Labute approximate surface area is 131 Å². The normalized spacial score (nSPS) is 13.2. The molecule has 0 saturated heterocycles. The smallest absolute Gasteiger partial charge is 0.126 e. The van der Waals surface area contributed by atoms with E-state index >= 15 is 0 Å². The molecule has 1 unspecified atom stereocenters. The molecule has 0 fully saturated rings. The lowest BCUT2D eigenvalue weighted by atomic mass is 10.3. The van der Waals surface area contributed by atoms with Crippen molar-refractivity contribution in [3.8, 4) is 0 Å². The molecule has 0 bridgehead atoms. The molecule has 0 aliphatic heterocycles. The summed E-state index contributed by atoms with van der Waals surface area (Å²) in [7, 11) is 0. The number of thioether (sulfide) groups is 2. The highest BCUT2D eigenvalue weighted by Gasteiger charge is 2.13. The van der Waals surface area contributed by atoms with Crippen LogP contribution < -0.4 is 5.32 Å². The van der Waals surface area contributed by atoms with Crippen molar-refractivity contribution < 1.29 is 5.11 Å². The van der Waals surface area contributed by atoms with Gasteiger partial charge in [0.15, 0.2) is 0 Å². The summed E-state index contributed by atoms with van der Waals surface area (Å²) in [5.41, 5.74) is 1.25. The second-order valence-corrected chi connectivity index (χ2v) is 8.75. The Morgan fingerprint density at radius 1 is 1.40 bits per heavy atom. The summed E-state index contributed by atoms with van der Waals surface area (Å²) in [5, 5.41) is 12.2. The maximum absolute atomic E-state index is 8.79. The molecule has 20 heavy (non-hydrogen) atoms. The van der Waals surface area contributed by atoms with Crippen molar-refractivity contribution in [3.63, 3.8) is 0 Å². The molecule has 5 heteroatoms. The molecule has 3 nitrogen and oxygen atoms in total. The van der Waals surface area contributed by atoms with E-state index in [1.54, 1.807) is 11.8 Å². The van der Waals surface area contributed by atoms with Crippen LogP contribution in [-0.4, -0.2) is 39.0 Å². The van der Waals surface area contributed by atoms with Crippen LogP contribution in [0.2, 0.25) is 0 Å². The lowest BCUT2D eigenvalue weighted by Gasteiger charge is -2.21. The number of nitrogens with one attached hydrogen (secondary N) is 1. The molecule has 0 amide bonds. The summed E-state index contributed by atoms with van der Waals surface area (Å²) < 4.78 is 0.298. The Morgan fingerprint density at radius 3 is 2.80 bits per heavy atom. The molecule has 1 atom stereocenters. The summed E-state index contributed by atoms with van der Waals surface area (Å²) in [6, 6.07) is 4.53. The van der Waals surface area contributed by atoms with Crippen LogP contribution in [0.5, 0.6) is 0 Å². The van der Waals surface area contributed by atoms with Gasteiger partial charge >= 0.3 is 0 Å². The fraction of sp³-hybridized carbons (Fsp3) is 0.667. The number of anilines is 1. The van der Waals surface area contributed by atoms with E-state index in [0.717, 1.165) is 23.1 Å². The molecule has 2 N–H and O–H groups in total. The van der Waals surface area contributed by atoms with E-state index in [-0.39, 0.29) is 6.61 Å². The Morgan fingerprint density at radius 2 is 2.15 bits per heavy atom. The van der Waals surface area contributed by atoms with Crippen LogP contribution >= 0.6 is 23.5 Å². The van der Waals surface area contributed by atoms with Gasteiger partial charge in [0.1, 0.15) is 5.82 Å². The van der Waals surface area contributed by atoms with E-state index < -0.39 is 0 Å². The number of aliphatic hydroxyl groups is 1. The molecule has 0 radical (unpaired) electrons. The summed E-state index contributed by atoms with van der Waals surface area (Å²) in [5.74, 6) is 3.70. The van der Waals surface area contributed by atoms with Crippen molar-refractivity contribution >= 4 is 29.3 Å². The third-order valence-corrected chi connectivity index (χ3v) is 5.03. The lowest BCUT2D eigenvalue weighted by molar-refractivity contribution is 0.322. The van der Waals surface area contributed by atoms with Crippen LogP contribution in [0, 0.1) is 0 Å². The van der Waals surface area contributed by atoms with Crippen molar-refractivity contribution in [1.29, 1.82) is 0 Å². The molecule has 1 heterocycles. The van der Waals surface area contributed by atoms with Gasteiger partial charge in [-0.25, -0.2) is 4.98 Å². The van der Waals surface area contributed by atoms with Crippen molar-refractivity contribution in [2.45, 2.75) is 44.2 Å². The van der Waals surface area contributed by atoms with Gasteiger partial charge in [0.25, 0.3) is 0 Å². The lowest BCUT2D eigenvalue weighted by Crippen LogP contribution is -2.22. The zero-order valence-electron chi connectivity index (χ0n) is 12.8. The Balaban J connectivity index is 2.44. The van der Waals surface area contributed by atoms with Crippen molar-refractivity contribution in [1.82, 2.24) is 4.98 Å². The average Bonchev–Trinajstić information content (AvgIpc) is 2.36. The molecule has 1 rings (SSSR count). The van der Waals surface area contributed by atoms with E-state index in [2.05, 4.69) is 44.1 Å². The van der Waals surface area contributed by atoms with Gasteiger partial charge < -0.3 is 10.4 Å². The third-order valence-electron chi connectivity index (χ3n) is 2.49. The molecule has 0 saturated carbocycles. The predicted octanol–water partition coefficient (Wildman–Crippen LogP) is 3.64. The van der Waals surface area contributed by atoms with Gasteiger partial charge in [-0.3, -0.25) is 0 Å². The highest BCUT2D eigenvalue weighted by atomic mass is 32.2. The first-order valence-electron chi connectivity index (χ1n) is 6.95. The molecule has 0 aliphatic rings. The number of pyridine rings is 1. The van der Waals surface area contributed by atoms with Gasteiger partial charge in [0, 0.05) is 34.2 Å². The SMILES string of the molecule is CC(CSC(C)(C)C)Nc1cc(CSCCO)ccn1. The molecular formula is C15H26N2OS2. The number of hydrogen-bond acceptors (Lipinski definition) is 5. The molecule has 0 aliphatic carbocycles. The first-order valence-corrected chi connectivity index (χ1v) is 9.09. The van der Waals surface area contributed by atoms with Crippen molar-refractivity contribution in [2.24, 2.45) is 0 Å². The summed E-state index contributed by atoms with van der Waals surface area (Å²) in [6.07, 6.45) is 1.85. The maximum Gasteiger partial charge on any atom is 0.126 e. The molecule has 0 spiro atoms. The highest BCUT2D eigenvalue weighted by Crippen LogP contribution is 2.24. The highest BCUT2D eigenvalue weighted by molar-refractivity contribution is 8.00. The molecule has 1 aromatic rings. The summed E-state index contributed by atoms with van der Waals surface area (Å²) in [4.78, 5) is 4.37. The van der Waals surface area contributed by atoms with E-state index in [1.165, 1.54) is 5.56 Å². The number of aromatic nitrogens is 1. The number of rotatable bonds is 8. The van der Waals surface area contributed by atoms with E-state index in [4.69, 9.17) is 5.11 Å².